The van der Waals surface area contributed by atoms with Crippen molar-refractivity contribution in [1.29, 1.82) is 0 Å². The molecule has 0 bridgehead atoms. The van der Waals surface area contributed by atoms with Gasteiger partial charge in [-0.25, -0.2) is 8.42 Å². The maximum Gasteiger partial charge on any atom is 0.262 e. The van der Waals surface area contributed by atoms with Crippen LogP contribution in [-0.2, 0) is 14.8 Å². The number of benzene rings is 4. The Bertz CT molecular complexity index is 1790. The van der Waals surface area contributed by atoms with Crippen molar-refractivity contribution < 1.29 is 22.7 Å². The van der Waals surface area contributed by atoms with E-state index < -0.39 is 15.9 Å². The van der Waals surface area contributed by atoms with E-state index in [2.05, 4.69) is 25.2 Å². The molecular weight excluding hydrogens is 627 g/mol. The number of ether oxygens (including phenoxy) is 1. The molecule has 4 aromatic rings. The number of anilines is 3. The Kier molecular flexibility index (Phi) is 10.6. The van der Waals surface area contributed by atoms with E-state index in [9.17, 15) is 18.0 Å². The van der Waals surface area contributed by atoms with E-state index in [1.165, 1.54) is 69.5 Å². The standard InChI is InChI=1S/C37H41N5O5S/c43-36(39-29-15-17-30(18-16-29)42-25-21-31(22-26-42)41-23-7-2-8-24-41)27-38-37(44)28-13-19-33(20-14-28)48(45,46)40-34-11-5-6-12-35(34)47-32-9-3-1-4-10-32/h1,3-6,9-20,31,40H,2,7-8,21-27H2,(H,38,44)(H,39,43). The normalized spacial score (nSPS) is 15.8. The number of para-hydroxylation sites is 3. The highest BCUT2D eigenvalue weighted by Gasteiger charge is 2.25. The lowest BCUT2D eigenvalue weighted by atomic mass is 9.99. The highest BCUT2D eigenvalue weighted by atomic mass is 32.2. The van der Waals surface area contributed by atoms with Gasteiger partial charge in [0.25, 0.3) is 15.9 Å². The van der Waals surface area contributed by atoms with Gasteiger partial charge in [-0.3, -0.25) is 14.3 Å². The van der Waals surface area contributed by atoms with E-state index in [1.54, 1.807) is 36.4 Å². The first kappa shape index (κ1) is 33.0. The van der Waals surface area contributed by atoms with Gasteiger partial charge in [-0.15, -0.1) is 0 Å². The van der Waals surface area contributed by atoms with Crippen molar-refractivity contribution in [3.8, 4) is 11.5 Å². The van der Waals surface area contributed by atoms with Crippen LogP contribution in [0.2, 0.25) is 0 Å². The van der Waals surface area contributed by atoms with E-state index in [0.717, 1.165) is 18.8 Å². The number of sulfonamides is 1. The molecule has 11 heteroatoms. The molecule has 0 radical (unpaired) electrons. The molecule has 2 aliphatic heterocycles. The summed E-state index contributed by atoms with van der Waals surface area (Å²) in [5.41, 5.74) is 2.29. The minimum atomic E-state index is -3.98. The van der Waals surface area contributed by atoms with Gasteiger partial charge < -0.3 is 25.2 Å². The molecule has 2 heterocycles. The van der Waals surface area contributed by atoms with Crippen LogP contribution in [0.3, 0.4) is 0 Å². The molecule has 2 saturated heterocycles. The van der Waals surface area contributed by atoms with Gasteiger partial charge in [0.2, 0.25) is 5.91 Å². The van der Waals surface area contributed by atoms with Crippen molar-refractivity contribution in [3.05, 3.63) is 109 Å². The molecule has 0 aliphatic carbocycles. The topological polar surface area (TPSA) is 120 Å². The first-order valence-corrected chi connectivity index (χ1v) is 17.9. The van der Waals surface area contributed by atoms with Crippen molar-refractivity contribution >= 4 is 38.9 Å². The van der Waals surface area contributed by atoms with Crippen LogP contribution in [0.5, 0.6) is 11.5 Å². The lowest BCUT2D eigenvalue weighted by Crippen LogP contribution is -2.46. The molecule has 0 spiro atoms. The minimum absolute atomic E-state index is 0.0267. The number of carbonyl (C=O) groups is 2. The molecule has 10 nitrogen and oxygen atoms in total. The van der Waals surface area contributed by atoms with Crippen LogP contribution in [0.1, 0.15) is 42.5 Å². The van der Waals surface area contributed by atoms with Crippen LogP contribution < -0.4 is 25.0 Å². The van der Waals surface area contributed by atoms with Gasteiger partial charge in [-0.2, -0.15) is 0 Å². The molecule has 250 valence electrons. The van der Waals surface area contributed by atoms with Crippen molar-refractivity contribution in [3.63, 3.8) is 0 Å². The highest BCUT2D eigenvalue weighted by molar-refractivity contribution is 7.92. The van der Waals surface area contributed by atoms with Gasteiger partial charge in [-0.05, 0) is 112 Å². The molecule has 6 rings (SSSR count). The SMILES string of the molecule is O=C(CNC(=O)c1ccc(S(=O)(=O)Nc2ccccc2Oc2ccccc2)cc1)Nc1ccc(N2CCC(N3CCCCC3)CC2)cc1. The van der Waals surface area contributed by atoms with Crippen LogP contribution in [0.4, 0.5) is 17.1 Å². The largest absolute Gasteiger partial charge is 0.455 e. The fourth-order valence-electron chi connectivity index (χ4n) is 6.24. The molecular formula is C37H41N5O5S. The van der Waals surface area contributed by atoms with E-state index in [4.69, 9.17) is 4.74 Å². The van der Waals surface area contributed by atoms with Crippen LogP contribution in [0, 0.1) is 0 Å². The third-order valence-electron chi connectivity index (χ3n) is 8.83. The summed E-state index contributed by atoms with van der Waals surface area (Å²) in [6, 6.07) is 29.8. The van der Waals surface area contributed by atoms with Crippen molar-refractivity contribution in [2.45, 2.75) is 43.0 Å². The van der Waals surface area contributed by atoms with Crippen molar-refractivity contribution in [1.82, 2.24) is 10.2 Å². The van der Waals surface area contributed by atoms with Crippen LogP contribution >= 0.6 is 0 Å². The average molecular weight is 668 g/mol. The number of piperidine rings is 2. The maximum atomic E-state index is 13.1. The summed E-state index contributed by atoms with van der Waals surface area (Å²) >= 11 is 0. The average Bonchev–Trinajstić information content (AvgIpc) is 3.12. The van der Waals surface area contributed by atoms with E-state index in [0.29, 0.717) is 23.2 Å². The number of nitrogens with zero attached hydrogens (tertiary/aromatic N) is 2. The summed E-state index contributed by atoms with van der Waals surface area (Å²) in [5, 5.41) is 5.42. The number of likely N-dealkylation sites (tertiary alicyclic amines) is 1. The summed E-state index contributed by atoms with van der Waals surface area (Å²) in [6.45, 7) is 4.29. The molecule has 2 amide bonds. The molecule has 3 N–H and O–H groups in total. The third kappa shape index (κ3) is 8.53. The molecule has 48 heavy (non-hydrogen) atoms. The van der Waals surface area contributed by atoms with Crippen LogP contribution in [0.15, 0.2) is 108 Å². The van der Waals surface area contributed by atoms with Gasteiger partial charge in [0.15, 0.2) is 5.75 Å². The molecule has 0 saturated carbocycles. The number of rotatable bonds is 11. The second-order valence-corrected chi connectivity index (χ2v) is 13.8. The van der Waals surface area contributed by atoms with Crippen LogP contribution in [-0.4, -0.2) is 63.9 Å². The number of hydrogen-bond acceptors (Lipinski definition) is 7. The fourth-order valence-corrected chi connectivity index (χ4v) is 7.31. The van der Waals surface area contributed by atoms with E-state index in [-0.39, 0.29) is 28.6 Å². The number of nitrogens with one attached hydrogen (secondary N) is 3. The third-order valence-corrected chi connectivity index (χ3v) is 10.2. The van der Waals surface area contributed by atoms with E-state index >= 15 is 0 Å². The second-order valence-electron chi connectivity index (χ2n) is 12.1. The number of hydrogen-bond donors (Lipinski definition) is 3. The zero-order chi connectivity index (χ0) is 33.3. The van der Waals surface area contributed by atoms with Crippen molar-refractivity contribution in [2.24, 2.45) is 0 Å². The summed E-state index contributed by atoms with van der Waals surface area (Å²) in [7, 11) is -3.98. The Morgan fingerprint density at radius 3 is 2.12 bits per heavy atom. The predicted molar refractivity (Wildman–Crippen MR) is 188 cm³/mol. The Hall–Kier alpha value is -4.87. The van der Waals surface area contributed by atoms with Gasteiger partial charge in [0, 0.05) is 36.1 Å². The zero-order valence-electron chi connectivity index (χ0n) is 26.8. The number of carbonyl (C=O) groups excluding carboxylic acids is 2. The Labute approximate surface area is 282 Å². The highest BCUT2D eigenvalue weighted by Crippen LogP contribution is 2.31. The van der Waals surface area contributed by atoms with Gasteiger partial charge in [0.1, 0.15) is 5.75 Å². The summed E-state index contributed by atoms with van der Waals surface area (Å²) < 4.78 is 34.7. The predicted octanol–water partition coefficient (Wildman–Crippen LogP) is 6.10. The van der Waals surface area contributed by atoms with Gasteiger partial charge in [-0.1, -0.05) is 36.8 Å². The summed E-state index contributed by atoms with van der Waals surface area (Å²) in [4.78, 5) is 30.4. The van der Waals surface area contributed by atoms with Crippen molar-refractivity contribution in [2.75, 3.05) is 47.7 Å². The molecule has 0 unspecified atom stereocenters. The Morgan fingerprint density at radius 2 is 1.42 bits per heavy atom. The monoisotopic (exact) mass is 667 g/mol. The molecule has 0 atom stereocenters. The molecule has 2 aliphatic rings. The molecule has 4 aromatic carbocycles. The zero-order valence-corrected chi connectivity index (χ0v) is 27.6. The minimum Gasteiger partial charge on any atom is -0.455 e. The van der Waals surface area contributed by atoms with Gasteiger partial charge in [0.05, 0.1) is 17.1 Å². The first-order chi connectivity index (χ1) is 23.3. The lowest BCUT2D eigenvalue weighted by molar-refractivity contribution is -0.115. The smallest absolute Gasteiger partial charge is 0.262 e. The molecule has 2 fully saturated rings. The van der Waals surface area contributed by atoms with Gasteiger partial charge >= 0.3 is 0 Å². The Morgan fingerprint density at radius 1 is 0.750 bits per heavy atom. The quantitative estimate of drug-likeness (QED) is 0.177. The lowest BCUT2D eigenvalue weighted by Gasteiger charge is -2.41. The fraction of sp³-hybridized carbons (Fsp3) is 0.297. The van der Waals surface area contributed by atoms with Crippen LogP contribution in [0.25, 0.3) is 0 Å². The van der Waals surface area contributed by atoms with E-state index in [1.807, 2.05) is 42.5 Å². The first-order valence-electron chi connectivity index (χ1n) is 16.5. The maximum absolute atomic E-state index is 13.1. The molecule has 0 aromatic heterocycles. The summed E-state index contributed by atoms with van der Waals surface area (Å²) in [6.07, 6.45) is 6.34. The number of amides is 2. The second kappa shape index (κ2) is 15.4. The Balaban J connectivity index is 0.968. The summed E-state index contributed by atoms with van der Waals surface area (Å²) in [5.74, 6) is 0.0611.